The van der Waals surface area contributed by atoms with Gasteiger partial charge in [0.25, 0.3) is 0 Å². The van der Waals surface area contributed by atoms with Gasteiger partial charge < -0.3 is 10.5 Å². The van der Waals surface area contributed by atoms with Crippen molar-refractivity contribution >= 4 is 17.4 Å². The summed E-state index contributed by atoms with van der Waals surface area (Å²) in [5.74, 6) is 1.18. The summed E-state index contributed by atoms with van der Waals surface area (Å²) in [6.07, 6.45) is 4.13. The fraction of sp³-hybridized carbons (Fsp3) is 0.588. The second kappa shape index (κ2) is 7.28. The van der Waals surface area contributed by atoms with Gasteiger partial charge in [-0.25, -0.2) is 0 Å². The second-order valence-electron chi connectivity index (χ2n) is 6.10. The molecule has 0 amide bonds. The number of ketones is 1. The van der Waals surface area contributed by atoms with E-state index in [9.17, 15) is 4.79 Å². The molecule has 4 heteroatoms. The van der Waals surface area contributed by atoms with Gasteiger partial charge in [-0.3, -0.25) is 4.79 Å². The Morgan fingerprint density at radius 1 is 1.38 bits per heavy atom. The van der Waals surface area contributed by atoms with Gasteiger partial charge in [-0.1, -0.05) is 24.9 Å². The maximum atomic E-state index is 12.4. The third-order valence-corrected chi connectivity index (χ3v) is 4.25. The topological polar surface area (TPSA) is 52.3 Å². The van der Waals surface area contributed by atoms with E-state index >= 15 is 0 Å². The lowest BCUT2D eigenvalue weighted by Crippen LogP contribution is -2.17. The minimum Gasteiger partial charge on any atom is -0.493 e. The van der Waals surface area contributed by atoms with E-state index in [0.717, 1.165) is 42.6 Å². The van der Waals surface area contributed by atoms with Crippen molar-refractivity contribution in [3.05, 3.63) is 28.3 Å². The lowest BCUT2D eigenvalue weighted by atomic mass is 9.93. The van der Waals surface area contributed by atoms with Crippen LogP contribution in [0.3, 0.4) is 0 Å². The summed E-state index contributed by atoms with van der Waals surface area (Å²) in [6.45, 7) is 4.68. The molecule has 1 heterocycles. The Labute approximate surface area is 131 Å². The van der Waals surface area contributed by atoms with Crippen LogP contribution in [0.15, 0.2) is 12.1 Å². The Morgan fingerprint density at radius 3 is 2.86 bits per heavy atom. The Balaban J connectivity index is 1.97. The van der Waals surface area contributed by atoms with Crippen molar-refractivity contribution in [1.29, 1.82) is 0 Å². The number of benzene rings is 1. The van der Waals surface area contributed by atoms with E-state index < -0.39 is 0 Å². The fourth-order valence-electron chi connectivity index (χ4n) is 2.75. The Hall–Kier alpha value is -1.06. The van der Waals surface area contributed by atoms with E-state index in [4.69, 9.17) is 22.1 Å². The zero-order valence-corrected chi connectivity index (χ0v) is 13.6. The first kappa shape index (κ1) is 16.3. The minimum atomic E-state index is 0.0554. The molecule has 116 valence electrons. The zero-order chi connectivity index (χ0) is 15.4. The molecular weight excluding hydrogens is 286 g/mol. The number of ether oxygens (including phenoxy) is 1. The van der Waals surface area contributed by atoms with Gasteiger partial charge >= 0.3 is 0 Å². The van der Waals surface area contributed by atoms with Gasteiger partial charge in [0.15, 0.2) is 0 Å². The largest absolute Gasteiger partial charge is 0.493 e. The van der Waals surface area contributed by atoms with Crippen LogP contribution in [0, 0.1) is 5.92 Å². The van der Waals surface area contributed by atoms with Gasteiger partial charge in [0.05, 0.1) is 6.61 Å². The van der Waals surface area contributed by atoms with Crippen molar-refractivity contribution in [3.8, 4) is 5.75 Å². The van der Waals surface area contributed by atoms with Gasteiger partial charge in [0, 0.05) is 35.4 Å². The molecule has 2 unspecified atom stereocenters. The van der Waals surface area contributed by atoms with E-state index in [1.54, 1.807) is 0 Å². The van der Waals surface area contributed by atoms with Crippen LogP contribution in [-0.4, -0.2) is 18.4 Å². The number of rotatable bonds is 7. The summed E-state index contributed by atoms with van der Waals surface area (Å²) in [7, 11) is 0. The maximum Gasteiger partial charge on any atom is 0.140 e. The molecular formula is C17H24ClNO2. The van der Waals surface area contributed by atoms with E-state index in [1.807, 2.05) is 26.0 Å². The summed E-state index contributed by atoms with van der Waals surface area (Å²) in [5, 5.41) is 0.687. The molecule has 0 bridgehead atoms. The van der Waals surface area contributed by atoms with Crippen molar-refractivity contribution in [2.75, 3.05) is 6.61 Å². The van der Waals surface area contributed by atoms with Crippen LogP contribution in [-0.2, 0) is 17.6 Å². The number of carbonyl (C=O) groups is 1. The van der Waals surface area contributed by atoms with Crippen LogP contribution >= 0.6 is 11.6 Å². The molecule has 2 atom stereocenters. The summed E-state index contributed by atoms with van der Waals surface area (Å²) >= 11 is 6.13. The van der Waals surface area contributed by atoms with Crippen LogP contribution in [0.5, 0.6) is 5.75 Å². The first-order chi connectivity index (χ1) is 9.97. The first-order valence-electron chi connectivity index (χ1n) is 7.69. The summed E-state index contributed by atoms with van der Waals surface area (Å²) in [6, 6.07) is 4.00. The molecule has 1 aliphatic heterocycles. The zero-order valence-electron chi connectivity index (χ0n) is 12.8. The number of halogens is 1. The molecule has 0 spiro atoms. The van der Waals surface area contributed by atoms with Crippen LogP contribution in [0.2, 0.25) is 5.02 Å². The smallest absolute Gasteiger partial charge is 0.140 e. The van der Waals surface area contributed by atoms with Gasteiger partial charge in [-0.05, 0) is 37.5 Å². The van der Waals surface area contributed by atoms with Crippen molar-refractivity contribution < 1.29 is 9.53 Å². The lowest BCUT2D eigenvalue weighted by molar-refractivity contribution is -0.121. The Kier molecular flexibility index (Phi) is 5.65. The molecule has 2 N–H and O–H groups in total. The third kappa shape index (κ3) is 4.45. The second-order valence-corrected chi connectivity index (χ2v) is 6.54. The molecule has 0 fully saturated rings. The highest BCUT2D eigenvalue weighted by Crippen LogP contribution is 2.33. The van der Waals surface area contributed by atoms with Gasteiger partial charge in [-0.15, -0.1) is 0 Å². The summed E-state index contributed by atoms with van der Waals surface area (Å²) in [4.78, 5) is 12.4. The van der Waals surface area contributed by atoms with Crippen LogP contribution < -0.4 is 10.5 Å². The molecule has 2 rings (SSSR count). The van der Waals surface area contributed by atoms with Crippen LogP contribution in [0.25, 0.3) is 0 Å². The molecule has 0 radical (unpaired) electrons. The molecule has 1 aliphatic rings. The molecule has 0 aliphatic carbocycles. The predicted octanol–water partition coefficient (Wildman–Crippen LogP) is 3.54. The number of fused-ring (bicyclic) bond motifs is 1. The van der Waals surface area contributed by atoms with Gasteiger partial charge in [0.2, 0.25) is 0 Å². The molecule has 1 aromatic carbocycles. The van der Waals surface area contributed by atoms with E-state index in [0.29, 0.717) is 18.1 Å². The minimum absolute atomic E-state index is 0.0554. The van der Waals surface area contributed by atoms with E-state index in [2.05, 4.69) is 0 Å². The van der Waals surface area contributed by atoms with Crippen molar-refractivity contribution in [2.24, 2.45) is 11.7 Å². The van der Waals surface area contributed by atoms with Crippen molar-refractivity contribution in [2.45, 2.75) is 52.0 Å². The van der Waals surface area contributed by atoms with Gasteiger partial charge in [-0.2, -0.15) is 0 Å². The lowest BCUT2D eigenvalue weighted by Gasteiger charge is -2.13. The molecule has 0 saturated carbocycles. The monoisotopic (exact) mass is 309 g/mol. The Morgan fingerprint density at radius 2 is 2.14 bits per heavy atom. The highest BCUT2D eigenvalue weighted by atomic mass is 35.5. The van der Waals surface area contributed by atoms with E-state index in [1.165, 1.54) is 0 Å². The number of hydrogen-bond acceptors (Lipinski definition) is 3. The number of Topliss-reactive ketones (excluding diaryl/α,β-unsaturated/α-hetero) is 1. The first-order valence-corrected chi connectivity index (χ1v) is 8.07. The number of carbonyl (C=O) groups excluding carboxylic acids is 1. The summed E-state index contributed by atoms with van der Waals surface area (Å²) < 4.78 is 5.65. The van der Waals surface area contributed by atoms with Crippen molar-refractivity contribution in [3.63, 3.8) is 0 Å². The average Bonchev–Trinajstić information content (AvgIpc) is 2.86. The summed E-state index contributed by atoms with van der Waals surface area (Å²) in [5.41, 5.74) is 7.79. The molecule has 0 saturated heterocycles. The molecule has 1 aromatic rings. The number of nitrogens with two attached hydrogens (primary N) is 1. The third-order valence-electron chi connectivity index (χ3n) is 4.04. The van der Waals surface area contributed by atoms with Crippen molar-refractivity contribution in [1.82, 2.24) is 0 Å². The molecule has 0 aromatic heterocycles. The molecule has 21 heavy (non-hydrogen) atoms. The average molecular weight is 310 g/mol. The highest BCUT2D eigenvalue weighted by molar-refractivity contribution is 6.30. The predicted molar refractivity (Wildman–Crippen MR) is 86.0 cm³/mol. The fourth-order valence-corrected chi connectivity index (χ4v) is 3.01. The Bertz CT molecular complexity index is 514. The standard InChI is InChI=1S/C17H24ClNO2/c1-11(4-3-5-12(2)19)16(20)10-14-9-15(18)8-13-6-7-21-17(13)14/h8-9,11-12H,3-7,10,19H2,1-2H3. The van der Waals surface area contributed by atoms with Crippen LogP contribution in [0.1, 0.15) is 44.2 Å². The SMILES string of the molecule is CC(N)CCCC(C)C(=O)Cc1cc(Cl)cc2c1OCC2. The normalized spacial score (nSPS) is 16.2. The highest BCUT2D eigenvalue weighted by Gasteiger charge is 2.21. The quantitative estimate of drug-likeness (QED) is 0.838. The molecule has 3 nitrogen and oxygen atoms in total. The maximum absolute atomic E-state index is 12.4. The van der Waals surface area contributed by atoms with E-state index in [-0.39, 0.29) is 17.7 Å². The van der Waals surface area contributed by atoms with Crippen LogP contribution in [0.4, 0.5) is 0 Å². The van der Waals surface area contributed by atoms with Gasteiger partial charge in [0.1, 0.15) is 11.5 Å². The number of hydrogen-bond donors (Lipinski definition) is 1.